The Morgan fingerprint density at radius 3 is 2.39 bits per heavy atom. The van der Waals surface area contributed by atoms with Crippen LogP contribution in [0.3, 0.4) is 0 Å². The van der Waals surface area contributed by atoms with E-state index in [9.17, 15) is 10.2 Å². The summed E-state index contributed by atoms with van der Waals surface area (Å²) in [6.45, 7) is 5.27. The molecule has 5 nitrogen and oxygen atoms in total. The number of benzene rings is 1. The highest BCUT2D eigenvalue weighted by molar-refractivity contribution is 5.28. The van der Waals surface area contributed by atoms with Crippen LogP contribution in [0.2, 0.25) is 0 Å². The molecule has 1 aliphatic heterocycles. The van der Waals surface area contributed by atoms with Gasteiger partial charge in [0.2, 0.25) is 0 Å². The van der Waals surface area contributed by atoms with Crippen molar-refractivity contribution < 1.29 is 14.9 Å². The van der Waals surface area contributed by atoms with Gasteiger partial charge in [-0.05, 0) is 54.5 Å². The van der Waals surface area contributed by atoms with Gasteiger partial charge in [0.1, 0.15) is 11.5 Å². The highest BCUT2D eigenvalue weighted by atomic mass is 16.5. The number of nitrogens with zero attached hydrogens (tertiary/aromatic N) is 2. The van der Waals surface area contributed by atoms with Crippen LogP contribution in [0.15, 0.2) is 42.6 Å². The number of hydrogen-bond donors (Lipinski definition) is 2. The lowest BCUT2D eigenvalue weighted by Crippen LogP contribution is -2.33. The number of hydrogen-bond acceptors (Lipinski definition) is 5. The number of aliphatic hydroxyl groups is 1. The van der Waals surface area contributed by atoms with E-state index in [0.717, 1.165) is 50.3 Å². The normalized spacial score (nSPS) is 28.2. The molecule has 0 spiro atoms. The Balaban J connectivity index is 1.31. The lowest BCUT2D eigenvalue weighted by molar-refractivity contribution is 0.0353. The van der Waals surface area contributed by atoms with E-state index in [1.54, 1.807) is 13.2 Å². The fourth-order valence-electron chi connectivity index (χ4n) is 5.14. The summed E-state index contributed by atoms with van der Waals surface area (Å²) in [4.78, 5) is 6.86. The van der Waals surface area contributed by atoms with Crippen molar-refractivity contribution in [3.05, 3.63) is 53.9 Å². The summed E-state index contributed by atoms with van der Waals surface area (Å²) in [6, 6.07) is 11.7. The summed E-state index contributed by atoms with van der Waals surface area (Å²) < 4.78 is 5.22. The van der Waals surface area contributed by atoms with Crippen LogP contribution in [-0.2, 0) is 6.42 Å². The molecule has 0 radical (unpaired) electrons. The number of ether oxygens (including phenoxy) is 1. The lowest BCUT2D eigenvalue weighted by Gasteiger charge is -2.27. The molecule has 1 unspecified atom stereocenters. The number of aromatic nitrogens is 1. The molecule has 5 heteroatoms. The van der Waals surface area contributed by atoms with Gasteiger partial charge in [-0.15, -0.1) is 0 Å². The van der Waals surface area contributed by atoms with Crippen LogP contribution >= 0.6 is 0 Å². The van der Waals surface area contributed by atoms with Gasteiger partial charge in [-0.25, -0.2) is 0 Å². The third kappa shape index (κ3) is 4.15. The van der Waals surface area contributed by atoms with Gasteiger partial charge in [-0.3, -0.25) is 4.98 Å². The molecule has 2 fully saturated rings. The zero-order valence-electron chi connectivity index (χ0n) is 16.7. The molecule has 1 aromatic carbocycles. The van der Waals surface area contributed by atoms with E-state index in [-0.39, 0.29) is 5.75 Å². The first kappa shape index (κ1) is 19.2. The molecular weight excluding hydrogens is 352 g/mol. The van der Waals surface area contributed by atoms with Crippen LogP contribution in [0.1, 0.15) is 36.9 Å². The SMILES string of the molecule is COc1ccc(C[C@]2(O)C[C@H]3CN(CC(C)c4ccc(O)cn4)C[C@H]3C2)cc1. The standard InChI is InChI=1S/C23H30N2O3/c1-16(22-8-5-20(26)12-24-22)13-25-14-18-10-23(27,11-19(18)15-25)9-17-3-6-21(28-2)7-4-17/h3-8,12,16,18-19,26-27H,9-11,13-15H2,1-2H3/t16?,18-,19+,23-. The van der Waals surface area contributed by atoms with E-state index in [4.69, 9.17) is 4.74 Å². The largest absolute Gasteiger partial charge is 0.506 e. The average molecular weight is 383 g/mol. The first-order valence-corrected chi connectivity index (χ1v) is 10.2. The lowest BCUT2D eigenvalue weighted by atomic mass is 9.91. The highest BCUT2D eigenvalue weighted by Crippen LogP contribution is 2.45. The molecule has 4 atom stereocenters. The molecule has 150 valence electrons. The number of likely N-dealkylation sites (tertiary alicyclic amines) is 1. The number of fused-ring (bicyclic) bond motifs is 1. The van der Waals surface area contributed by atoms with Crippen molar-refractivity contribution >= 4 is 0 Å². The monoisotopic (exact) mass is 382 g/mol. The second-order valence-corrected chi connectivity index (χ2v) is 8.74. The van der Waals surface area contributed by atoms with Crippen LogP contribution in [0, 0.1) is 11.8 Å². The smallest absolute Gasteiger partial charge is 0.133 e. The summed E-state index contributed by atoms with van der Waals surface area (Å²) in [7, 11) is 1.67. The minimum Gasteiger partial charge on any atom is -0.506 e. The molecule has 1 saturated heterocycles. The van der Waals surface area contributed by atoms with Crippen molar-refractivity contribution in [2.45, 2.75) is 37.7 Å². The van der Waals surface area contributed by atoms with Crippen molar-refractivity contribution in [1.82, 2.24) is 9.88 Å². The Kier molecular flexibility index (Phi) is 5.30. The minimum atomic E-state index is -0.583. The molecule has 2 aromatic rings. The first-order chi connectivity index (χ1) is 13.4. The Labute approximate surface area is 167 Å². The van der Waals surface area contributed by atoms with Crippen molar-refractivity contribution in [2.75, 3.05) is 26.7 Å². The fraction of sp³-hybridized carbons (Fsp3) is 0.522. The quantitative estimate of drug-likeness (QED) is 0.803. The van der Waals surface area contributed by atoms with E-state index < -0.39 is 5.60 Å². The summed E-state index contributed by atoms with van der Waals surface area (Å²) >= 11 is 0. The van der Waals surface area contributed by atoms with Crippen LogP contribution < -0.4 is 4.74 Å². The van der Waals surface area contributed by atoms with E-state index >= 15 is 0 Å². The zero-order valence-corrected chi connectivity index (χ0v) is 16.7. The second-order valence-electron chi connectivity index (χ2n) is 8.74. The zero-order chi connectivity index (χ0) is 19.7. The predicted octanol–water partition coefficient (Wildman–Crippen LogP) is 3.21. The summed E-state index contributed by atoms with van der Waals surface area (Å²) in [5, 5.41) is 20.6. The third-order valence-corrected chi connectivity index (χ3v) is 6.44. The maximum Gasteiger partial charge on any atom is 0.133 e. The Bertz CT molecular complexity index is 776. The van der Waals surface area contributed by atoms with Crippen LogP contribution in [0.25, 0.3) is 0 Å². The van der Waals surface area contributed by atoms with Gasteiger partial charge < -0.3 is 19.8 Å². The van der Waals surface area contributed by atoms with Crippen LogP contribution in [0.5, 0.6) is 11.5 Å². The van der Waals surface area contributed by atoms with E-state index in [1.807, 2.05) is 18.2 Å². The van der Waals surface area contributed by atoms with E-state index in [1.165, 1.54) is 11.8 Å². The van der Waals surface area contributed by atoms with Gasteiger partial charge in [0.25, 0.3) is 0 Å². The van der Waals surface area contributed by atoms with E-state index in [2.05, 4.69) is 28.9 Å². The topological polar surface area (TPSA) is 65.8 Å². The molecule has 2 aliphatic rings. The van der Waals surface area contributed by atoms with Crippen LogP contribution in [-0.4, -0.2) is 52.4 Å². The molecule has 4 rings (SSSR count). The predicted molar refractivity (Wildman–Crippen MR) is 109 cm³/mol. The maximum absolute atomic E-state index is 11.2. The Morgan fingerprint density at radius 2 is 1.82 bits per heavy atom. The molecule has 1 saturated carbocycles. The molecule has 0 amide bonds. The van der Waals surface area contributed by atoms with Crippen molar-refractivity contribution in [3.63, 3.8) is 0 Å². The molecule has 28 heavy (non-hydrogen) atoms. The number of methoxy groups -OCH3 is 1. The van der Waals surface area contributed by atoms with Gasteiger partial charge in [0, 0.05) is 37.7 Å². The molecule has 0 bridgehead atoms. The van der Waals surface area contributed by atoms with Crippen molar-refractivity contribution in [2.24, 2.45) is 11.8 Å². The number of rotatable bonds is 6. The Hall–Kier alpha value is -2.11. The highest BCUT2D eigenvalue weighted by Gasteiger charge is 2.48. The van der Waals surface area contributed by atoms with Crippen LogP contribution in [0.4, 0.5) is 0 Å². The van der Waals surface area contributed by atoms with Gasteiger partial charge in [0.15, 0.2) is 0 Å². The number of aromatic hydroxyl groups is 1. The molecular formula is C23H30N2O3. The van der Waals surface area contributed by atoms with Gasteiger partial charge in [-0.2, -0.15) is 0 Å². The minimum absolute atomic E-state index is 0.211. The second kappa shape index (κ2) is 7.72. The molecule has 1 aliphatic carbocycles. The summed E-state index contributed by atoms with van der Waals surface area (Å²) in [5.41, 5.74) is 1.61. The van der Waals surface area contributed by atoms with Crippen molar-refractivity contribution in [3.8, 4) is 11.5 Å². The fourth-order valence-corrected chi connectivity index (χ4v) is 5.14. The average Bonchev–Trinajstić information content (AvgIpc) is 3.16. The van der Waals surface area contributed by atoms with Gasteiger partial charge in [-0.1, -0.05) is 19.1 Å². The summed E-state index contributed by atoms with van der Waals surface area (Å²) in [6.07, 6.45) is 4.00. The van der Waals surface area contributed by atoms with Gasteiger partial charge >= 0.3 is 0 Å². The van der Waals surface area contributed by atoms with Crippen molar-refractivity contribution in [1.29, 1.82) is 0 Å². The first-order valence-electron chi connectivity index (χ1n) is 10.2. The third-order valence-electron chi connectivity index (χ3n) is 6.44. The Morgan fingerprint density at radius 1 is 1.14 bits per heavy atom. The maximum atomic E-state index is 11.2. The molecule has 1 aromatic heterocycles. The number of pyridine rings is 1. The van der Waals surface area contributed by atoms with E-state index in [0.29, 0.717) is 17.8 Å². The van der Waals surface area contributed by atoms with Gasteiger partial charge in [0.05, 0.1) is 18.9 Å². The molecule has 2 N–H and O–H groups in total. The molecule has 2 heterocycles. The summed E-state index contributed by atoms with van der Waals surface area (Å²) in [5.74, 6) is 2.54.